The Labute approximate surface area is 433 Å². The molecule has 0 bridgehead atoms. The Kier molecular flexibility index (Phi) is 21.9. The highest BCUT2D eigenvalue weighted by atomic mass is 16.2. The number of quaternary nitrogens is 1. The van der Waals surface area contributed by atoms with E-state index in [1.54, 1.807) is 36.7 Å². The van der Waals surface area contributed by atoms with Gasteiger partial charge >= 0.3 is 0 Å². The number of hydrogen-bond acceptors (Lipinski definition) is 9. The van der Waals surface area contributed by atoms with Crippen LogP contribution in [0.25, 0.3) is 21.8 Å². The Balaban J connectivity index is 0.00000103. The fourth-order valence-corrected chi connectivity index (χ4v) is 9.14. The number of benzene rings is 3. The monoisotopic (exact) mass is 1020 g/mol. The maximum Gasteiger partial charge on any atom is 0.243 e. The van der Waals surface area contributed by atoms with Crippen LogP contribution in [0, 0.1) is 6.92 Å². The summed E-state index contributed by atoms with van der Waals surface area (Å²) in [6, 6.07) is 17.2. The van der Waals surface area contributed by atoms with Gasteiger partial charge in [-0.1, -0.05) is 66.7 Å². The summed E-state index contributed by atoms with van der Waals surface area (Å²) >= 11 is 0. The van der Waals surface area contributed by atoms with Gasteiger partial charge in [0, 0.05) is 65.6 Å². The van der Waals surface area contributed by atoms with E-state index in [9.17, 15) is 28.8 Å². The molecule has 14 N–H and O–H groups in total. The number of nitrogens with two attached hydrogens (primary N) is 3. The molecule has 6 rings (SSSR count). The lowest BCUT2D eigenvalue weighted by Crippen LogP contribution is -2.59. The number of nitrogens with one attached hydrogen (secondary N) is 8. The molecular formula is C55H78N13O6+. The van der Waals surface area contributed by atoms with E-state index in [4.69, 9.17) is 17.2 Å². The van der Waals surface area contributed by atoms with E-state index >= 15 is 0 Å². The second-order valence-electron chi connectivity index (χ2n) is 18.9. The summed E-state index contributed by atoms with van der Waals surface area (Å²) in [6.45, 7) is 18.0. The lowest BCUT2D eigenvalue weighted by molar-refractivity contribution is -0.921. The van der Waals surface area contributed by atoms with Crippen molar-refractivity contribution in [1.82, 2.24) is 46.5 Å². The van der Waals surface area contributed by atoms with E-state index in [0.717, 1.165) is 38.6 Å². The molecule has 0 aliphatic carbocycles. The van der Waals surface area contributed by atoms with Crippen molar-refractivity contribution in [2.24, 2.45) is 17.2 Å². The number of carbonyl (C=O) groups is 6. The number of hydrogen-bond donors (Lipinski definition) is 11. The van der Waals surface area contributed by atoms with Gasteiger partial charge in [-0.25, -0.2) is 4.98 Å². The zero-order valence-electron chi connectivity index (χ0n) is 43.8. The summed E-state index contributed by atoms with van der Waals surface area (Å²) in [5.74, 6) is -4.02. The Morgan fingerprint density at radius 3 is 1.78 bits per heavy atom. The third-order valence-electron chi connectivity index (χ3n) is 14.1. The lowest BCUT2D eigenvalue weighted by Gasteiger charge is -2.34. The fourth-order valence-electron chi connectivity index (χ4n) is 9.14. The Morgan fingerprint density at radius 1 is 0.622 bits per heavy atom. The minimum Gasteiger partial charge on any atom is -0.368 e. The molecular weight excluding hydrogens is 939 g/mol. The number of aryl methyl sites for hydroxylation is 1. The van der Waals surface area contributed by atoms with Gasteiger partial charge in [-0.15, -0.1) is 0 Å². The van der Waals surface area contributed by atoms with Gasteiger partial charge < -0.3 is 63.2 Å². The number of fused-ring (bicyclic) bond motifs is 2. The third-order valence-corrected chi connectivity index (χ3v) is 14.1. The molecule has 0 aliphatic heterocycles. The maximum atomic E-state index is 14.5. The molecule has 0 fully saturated rings. The van der Waals surface area contributed by atoms with Gasteiger partial charge in [0.1, 0.15) is 30.2 Å². The van der Waals surface area contributed by atoms with E-state index in [0.29, 0.717) is 30.6 Å². The number of aromatic amines is 3. The normalized spacial score (nSPS) is 13.8. The molecule has 0 saturated carbocycles. The summed E-state index contributed by atoms with van der Waals surface area (Å²) in [5, 5.41) is 15.6. The average Bonchev–Trinajstić information content (AvgIpc) is 4.15. The average molecular weight is 1020 g/mol. The van der Waals surface area contributed by atoms with Crippen molar-refractivity contribution < 1.29 is 33.3 Å². The highest BCUT2D eigenvalue weighted by molar-refractivity contribution is 5.97. The summed E-state index contributed by atoms with van der Waals surface area (Å²) in [7, 11) is 0. The Morgan fingerprint density at radius 2 is 1.18 bits per heavy atom. The number of amides is 6. The van der Waals surface area contributed by atoms with Crippen molar-refractivity contribution in [3.8, 4) is 0 Å². The first-order chi connectivity index (χ1) is 35.5. The number of unbranched alkanes of at least 4 members (excludes halogenated alkanes) is 1. The van der Waals surface area contributed by atoms with Crippen LogP contribution in [0.15, 0.2) is 97.6 Å². The highest BCUT2D eigenvalue weighted by Gasteiger charge is 2.33. The molecule has 0 saturated heterocycles. The highest BCUT2D eigenvalue weighted by Crippen LogP contribution is 2.24. The van der Waals surface area contributed by atoms with Crippen LogP contribution >= 0.6 is 0 Å². The van der Waals surface area contributed by atoms with Crippen LogP contribution in [-0.2, 0) is 54.5 Å². The van der Waals surface area contributed by atoms with E-state index < -0.39 is 71.7 Å². The molecule has 6 amide bonds. The van der Waals surface area contributed by atoms with Crippen molar-refractivity contribution in [3.63, 3.8) is 0 Å². The van der Waals surface area contributed by atoms with Crippen molar-refractivity contribution in [2.45, 2.75) is 123 Å². The predicted octanol–water partition coefficient (Wildman–Crippen LogP) is 3.22. The molecule has 3 aromatic heterocycles. The van der Waals surface area contributed by atoms with Crippen LogP contribution in [0.5, 0.6) is 0 Å². The SMILES string of the molecule is CC[N+](CC)(CC)CC.Cc1[nH]c2ccccc2c1C[C@@H](NC(=O)[C@@H](N)Cc1c[nH]cn1)C(=O)N[C@@H](C)C(=O)N[C@@H](Cc1c[nH]c2ccccc12)C(=O)N[C@H](Cc1ccccc1)C(=O)N[C@@H](CCCCN)C(N)=O. The molecule has 0 unspecified atom stereocenters. The minimum absolute atomic E-state index is 0.00264. The predicted molar refractivity (Wildman–Crippen MR) is 289 cm³/mol. The topological polar surface area (TPSA) is 301 Å². The Hall–Kier alpha value is -7.35. The van der Waals surface area contributed by atoms with Crippen LogP contribution in [0.2, 0.25) is 0 Å². The molecule has 0 spiro atoms. The van der Waals surface area contributed by atoms with Crippen molar-refractivity contribution in [3.05, 3.63) is 126 Å². The number of carbonyl (C=O) groups excluding carboxylic acids is 6. The van der Waals surface area contributed by atoms with Crippen molar-refractivity contribution in [1.29, 1.82) is 0 Å². The number of nitrogens with zero attached hydrogens (tertiary/aromatic N) is 2. The number of primary amides is 1. The number of rotatable bonds is 27. The Bertz CT molecular complexity index is 2730. The van der Waals surface area contributed by atoms with E-state index in [1.165, 1.54) is 43.9 Å². The summed E-state index contributed by atoms with van der Waals surface area (Å²) in [5.41, 5.74) is 22.8. The first-order valence-corrected chi connectivity index (χ1v) is 25.8. The van der Waals surface area contributed by atoms with Crippen molar-refractivity contribution >= 4 is 57.2 Å². The van der Waals surface area contributed by atoms with Gasteiger partial charge in [0.15, 0.2) is 0 Å². The zero-order chi connectivity index (χ0) is 53.8. The molecule has 0 aliphatic rings. The molecule has 6 aromatic rings. The molecule has 74 heavy (non-hydrogen) atoms. The largest absolute Gasteiger partial charge is 0.368 e. The van der Waals surface area contributed by atoms with Crippen LogP contribution in [0.1, 0.15) is 82.0 Å². The van der Waals surface area contributed by atoms with Crippen LogP contribution in [0.4, 0.5) is 0 Å². The first-order valence-electron chi connectivity index (χ1n) is 25.8. The molecule has 3 heterocycles. The van der Waals surface area contributed by atoms with Crippen LogP contribution < -0.4 is 43.8 Å². The van der Waals surface area contributed by atoms with Gasteiger partial charge in [0.05, 0.1) is 44.2 Å². The number of aromatic nitrogens is 4. The lowest BCUT2D eigenvalue weighted by atomic mass is 10.0. The molecule has 19 heteroatoms. The summed E-state index contributed by atoms with van der Waals surface area (Å²) in [6.07, 6.45) is 6.51. The second-order valence-corrected chi connectivity index (χ2v) is 18.9. The molecule has 3 aromatic carbocycles. The molecule has 398 valence electrons. The molecule has 19 nitrogen and oxygen atoms in total. The van der Waals surface area contributed by atoms with Crippen LogP contribution in [0.3, 0.4) is 0 Å². The summed E-state index contributed by atoms with van der Waals surface area (Å²) < 4.78 is 1.28. The molecule has 6 atom stereocenters. The van der Waals surface area contributed by atoms with Gasteiger partial charge in [-0.3, -0.25) is 28.8 Å². The third kappa shape index (κ3) is 16.1. The van der Waals surface area contributed by atoms with Gasteiger partial charge in [0.25, 0.3) is 0 Å². The van der Waals surface area contributed by atoms with Gasteiger partial charge in [0.2, 0.25) is 35.4 Å². The minimum atomic E-state index is -1.26. The van der Waals surface area contributed by atoms with E-state index in [-0.39, 0.29) is 32.1 Å². The smallest absolute Gasteiger partial charge is 0.243 e. The fraction of sp³-hybridized carbons (Fsp3) is 0.436. The quantitative estimate of drug-likeness (QED) is 0.0266. The first kappa shape index (κ1) is 57.5. The summed E-state index contributed by atoms with van der Waals surface area (Å²) in [4.78, 5) is 96.1. The second kappa shape index (κ2) is 28.2. The standard InChI is InChI=1S/C47H58N12O6.C8H20N/c1-27-34(33-15-7-9-17-37(33)54-27)23-41(58-44(62)35(49)22-31-25-51-26-53-31)45(63)55-28(2)43(61)57-40(21-30-24-52-36-16-8-6-14-32(30)36)47(65)59-39(20-29-12-4-3-5-13-29)46(64)56-38(42(50)60)18-10-11-19-48;1-5-9(6-2,7-3)8-4/h3-9,12-17,24-26,28,35,38-41,52,54H,10-11,18-23,48-49H2,1-2H3,(H2,50,60)(H,51,53)(H,55,63)(H,56,64)(H,57,61)(H,58,62)(H,59,65);5-8H2,1-4H3/q;+1/t28-,35-,38-,39+,40-,41+;/m0./s1. The van der Waals surface area contributed by atoms with Crippen LogP contribution in [-0.4, -0.2) is 129 Å². The molecule has 0 radical (unpaired) electrons. The van der Waals surface area contributed by atoms with Crippen molar-refractivity contribution in [2.75, 3.05) is 32.7 Å². The zero-order valence-corrected chi connectivity index (χ0v) is 43.8. The van der Waals surface area contributed by atoms with E-state index in [1.807, 2.05) is 61.5 Å². The maximum absolute atomic E-state index is 14.5. The number of H-pyrrole nitrogens is 3. The van der Waals surface area contributed by atoms with Gasteiger partial charge in [-0.05, 0) is 96.2 Å². The van der Waals surface area contributed by atoms with Gasteiger partial charge in [-0.2, -0.15) is 0 Å². The number of imidazole rings is 1. The number of para-hydroxylation sites is 2. The van der Waals surface area contributed by atoms with E-state index in [2.05, 4.69) is 74.2 Å².